The molecule has 1 aromatic carbocycles. The van der Waals surface area contributed by atoms with Gasteiger partial charge in [-0.1, -0.05) is 15.9 Å². The topological polar surface area (TPSA) is 79.8 Å². The maximum Gasteiger partial charge on any atom is 0.257 e. The Bertz CT molecular complexity index is 734. The smallest absolute Gasteiger partial charge is 0.257 e. The van der Waals surface area contributed by atoms with E-state index in [0.717, 1.165) is 4.47 Å². The van der Waals surface area contributed by atoms with E-state index >= 15 is 0 Å². The van der Waals surface area contributed by atoms with Gasteiger partial charge in [-0.3, -0.25) is 9.59 Å². The van der Waals surface area contributed by atoms with E-state index in [1.54, 1.807) is 28.0 Å². The first kappa shape index (κ1) is 16.7. The van der Waals surface area contributed by atoms with Crippen molar-refractivity contribution in [3.8, 4) is 0 Å². The third kappa shape index (κ3) is 3.52. The highest BCUT2D eigenvalue weighted by Gasteiger charge is 2.26. The van der Waals surface area contributed by atoms with Crippen LogP contribution in [0.5, 0.6) is 0 Å². The van der Waals surface area contributed by atoms with E-state index in [4.69, 9.17) is 10.2 Å². The fourth-order valence-corrected chi connectivity index (χ4v) is 2.93. The second-order valence-corrected chi connectivity index (χ2v) is 6.51. The average molecular weight is 392 g/mol. The summed E-state index contributed by atoms with van der Waals surface area (Å²) >= 11 is 3.36. The van der Waals surface area contributed by atoms with Gasteiger partial charge in [-0.25, -0.2) is 0 Å². The number of amides is 2. The fourth-order valence-electron chi connectivity index (χ4n) is 2.67. The van der Waals surface area contributed by atoms with Crippen LogP contribution in [0.25, 0.3) is 0 Å². The molecule has 2 N–H and O–H groups in total. The molecule has 0 aliphatic carbocycles. The van der Waals surface area contributed by atoms with Crippen molar-refractivity contribution in [3.05, 3.63) is 58.0 Å². The van der Waals surface area contributed by atoms with Gasteiger partial charge in [-0.15, -0.1) is 0 Å². The Morgan fingerprint density at radius 3 is 2.04 bits per heavy atom. The van der Waals surface area contributed by atoms with E-state index in [0.29, 0.717) is 43.1 Å². The van der Waals surface area contributed by atoms with Gasteiger partial charge in [-0.05, 0) is 30.3 Å². The lowest BCUT2D eigenvalue weighted by atomic mass is 10.1. The van der Waals surface area contributed by atoms with Gasteiger partial charge in [-0.2, -0.15) is 0 Å². The molecule has 1 aliphatic rings. The van der Waals surface area contributed by atoms with Crippen molar-refractivity contribution in [2.45, 2.75) is 6.54 Å². The lowest BCUT2D eigenvalue weighted by Gasteiger charge is -2.34. The number of nitrogens with zero attached hydrogens (tertiary/aromatic N) is 2. The van der Waals surface area contributed by atoms with E-state index in [2.05, 4.69) is 15.9 Å². The number of rotatable bonds is 3. The fraction of sp³-hybridized carbons (Fsp3) is 0.294. The third-order valence-corrected chi connectivity index (χ3v) is 4.58. The SMILES string of the molecule is NCc1cc(C(=O)N2CCN(C(=O)c3ccc(Br)cc3)CC2)co1. The maximum absolute atomic E-state index is 12.5. The number of carbonyl (C=O) groups is 2. The molecule has 0 unspecified atom stereocenters. The molecule has 6 nitrogen and oxygen atoms in total. The quantitative estimate of drug-likeness (QED) is 0.868. The molecule has 0 spiro atoms. The summed E-state index contributed by atoms with van der Waals surface area (Å²) in [6, 6.07) is 8.96. The average Bonchev–Trinajstić information content (AvgIpc) is 3.10. The Morgan fingerprint density at radius 1 is 1.00 bits per heavy atom. The predicted octanol–water partition coefficient (Wildman–Crippen LogP) is 2.10. The molecule has 1 saturated heterocycles. The maximum atomic E-state index is 12.5. The Kier molecular flexibility index (Phi) is 5.01. The van der Waals surface area contributed by atoms with Crippen LogP contribution in [0.15, 0.2) is 45.5 Å². The highest BCUT2D eigenvalue weighted by atomic mass is 79.9. The number of benzene rings is 1. The van der Waals surface area contributed by atoms with Crippen LogP contribution in [0.3, 0.4) is 0 Å². The number of carbonyl (C=O) groups excluding carboxylic acids is 2. The van der Waals surface area contributed by atoms with Gasteiger partial charge in [0.2, 0.25) is 0 Å². The molecule has 2 heterocycles. The Labute approximate surface area is 148 Å². The minimum atomic E-state index is -0.0887. The number of nitrogens with two attached hydrogens (primary N) is 1. The highest BCUT2D eigenvalue weighted by molar-refractivity contribution is 9.10. The van der Waals surface area contributed by atoms with E-state index in [9.17, 15) is 9.59 Å². The standard InChI is InChI=1S/C17H18BrN3O3/c18-14-3-1-12(2-4-14)16(22)20-5-7-21(8-6-20)17(23)13-9-15(10-19)24-11-13/h1-4,9,11H,5-8,10,19H2. The highest BCUT2D eigenvalue weighted by Crippen LogP contribution is 2.15. The lowest BCUT2D eigenvalue weighted by Crippen LogP contribution is -2.50. The number of furan rings is 1. The monoisotopic (exact) mass is 391 g/mol. The molecule has 2 amide bonds. The van der Waals surface area contributed by atoms with Gasteiger partial charge in [0.15, 0.2) is 0 Å². The minimum absolute atomic E-state index is 0.0108. The predicted molar refractivity (Wildman–Crippen MR) is 92.5 cm³/mol. The lowest BCUT2D eigenvalue weighted by molar-refractivity contribution is 0.0535. The van der Waals surface area contributed by atoms with E-state index in [1.165, 1.54) is 6.26 Å². The van der Waals surface area contributed by atoms with Gasteiger partial charge in [0.25, 0.3) is 11.8 Å². The van der Waals surface area contributed by atoms with Crippen molar-refractivity contribution >= 4 is 27.7 Å². The van der Waals surface area contributed by atoms with Crippen LogP contribution in [0.4, 0.5) is 0 Å². The molecule has 0 atom stereocenters. The number of piperazine rings is 1. The van der Waals surface area contributed by atoms with Gasteiger partial charge < -0.3 is 20.0 Å². The molecule has 24 heavy (non-hydrogen) atoms. The molecule has 1 aromatic heterocycles. The van der Waals surface area contributed by atoms with E-state index in [1.807, 2.05) is 12.1 Å². The van der Waals surface area contributed by atoms with Crippen molar-refractivity contribution in [3.63, 3.8) is 0 Å². The van der Waals surface area contributed by atoms with Crippen LogP contribution in [-0.2, 0) is 6.54 Å². The molecule has 126 valence electrons. The van der Waals surface area contributed by atoms with Gasteiger partial charge in [0, 0.05) is 36.2 Å². The number of halogens is 1. The summed E-state index contributed by atoms with van der Waals surface area (Å²) in [6.45, 7) is 2.31. The van der Waals surface area contributed by atoms with Crippen molar-refractivity contribution in [1.82, 2.24) is 9.80 Å². The van der Waals surface area contributed by atoms with E-state index in [-0.39, 0.29) is 18.4 Å². The normalized spacial score (nSPS) is 14.8. The Hall–Kier alpha value is -2.12. The molecule has 0 saturated carbocycles. The number of hydrogen-bond donors (Lipinski definition) is 1. The summed E-state index contributed by atoms with van der Waals surface area (Å²) in [4.78, 5) is 28.4. The summed E-state index contributed by atoms with van der Waals surface area (Å²) in [5, 5.41) is 0. The van der Waals surface area contributed by atoms with Crippen LogP contribution < -0.4 is 5.73 Å². The van der Waals surface area contributed by atoms with Crippen LogP contribution in [0.2, 0.25) is 0 Å². The van der Waals surface area contributed by atoms with Crippen LogP contribution in [0.1, 0.15) is 26.5 Å². The summed E-state index contributed by atoms with van der Waals surface area (Å²) < 4.78 is 6.15. The molecule has 0 radical (unpaired) electrons. The first-order valence-corrected chi connectivity index (χ1v) is 8.49. The molecular formula is C17H18BrN3O3. The molecular weight excluding hydrogens is 374 g/mol. The second-order valence-electron chi connectivity index (χ2n) is 5.60. The van der Waals surface area contributed by atoms with Gasteiger partial charge in [0.05, 0.1) is 12.1 Å². The third-order valence-electron chi connectivity index (χ3n) is 4.05. The second kappa shape index (κ2) is 7.19. The van der Waals surface area contributed by atoms with E-state index < -0.39 is 0 Å². The molecule has 1 aliphatic heterocycles. The van der Waals surface area contributed by atoms with Crippen molar-refractivity contribution < 1.29 is 14.0 Å². The zero-order valence-electron chi connectivity index (χ0n) is 13.1. The van der Waals surface area contributed by atoms with Crippen molar-refractivity contribution in [2.75, 3.05) is 26.2 Å². The molecule has 7 heteroatoms. The molecule has 3 rings (SSSR count). The zero-order valence-corrected chi connectivity index (χ0v) is 14.7. The zero-order chi connectivity index (χ0) is 17.1. The van der Waals surface area contributed by atoms with Crippen LogP contribution in [-0.4, -0.2) is 47.8 Å². The summed E-state index contributed by atoms with van der Waals surface area (Å²) in [5.41, 5.74) is 6.65. The van der Waals surface area contributed by atoms with Gasteiger partial charge in [0.1, 0.15) is 12.0 Å². The molecule has 2 aromatic rings. The van der Waals surface area contributed by atoms with Crippen molar-refractivity contribution in [2.24, 2.45) is 5.73 Å². The van der Waals surface area contributed by atoms with Gasteiger partial charge >= 0.3 is 0 Å². The largest absolute Gasteiger partial charge is 0.467 e. The Morgan fingerprint density at radius 2 is 1.54 bits per heavy atom. The van der Waals surface area contributed by atoms with Crippen LogP contribution in [0, 0.1) is 0 Å². The summed E-state index contributed by atoms with van der Waals surface area (Å²) in [7, 11) is 0. The summed E-state index contributed by atoms with van der Waals surface area (Å²) in [5.74, 6) is 0.486. The Balaban J connectivity index is 1.60. The first-order chi connectivity index (χ1) is 11.6. The number of hydrogen-bond acceptors (Lipinski definition) is 4. The molecule has 0 bridgehead atoms. The van der Waals surface area contributed by atoms with Crippen LogP contribution >= 0.6 is 15.9 Å². The molecule has 1 fully saturated rings. The first-order valence-electron chi connectivity index (χ1n) is 7.70. The minimum Gasteiger partial charge on any atom is -0.467 e. The van der Waals surface area contributed by atoms with Crippen molar-refractivity contribution in [1.29, 1.82) is 0 Å². The summed E-state index contributed by atoms with van der Waals surface area (Å²) in [6.07, 6.45) is 1.43.